The van der Waals surface area contributed by atoms with Crippen LogP contribution in [0.5, 0.6) is 0 Å². The summed E-state index contributed by atoms with van der Waals surface area (Å²) in [7, 11) is -1.33. The molecule has 2 heteroatoms. The maximum absolute atomic E-state index is 3.45. The molecule has 2 rings (SSSR count). The monoisotopic (exact) mass is 269 g/mol. The fraction of sp³-hybridized carbons (Fsp3) is 0.412. The highest BCUT2D eigenvalue weighted by atomic mass is 28.3. The predicted molar refractivity (Wildman–Crippen MR) is 86.3 cm³/mol. The van der Waals surface area contributed by atoms with Gasteiger partial charge in [-0.25, -0.2) is 0 Å². The van der Waals surface area contributed by atoms with E-state index in [1.807, 2.05) is 0 Å². The molecule has 0 unspecified atom stereocenters. The molecule has 0 atom stereocenters. The molecule has 0 aromatic carbocycles. The molecule has 0 aliphatic rings. The zero-order valence-corrected chi connectivity index (χ0v) is 13.8. The van der Waals surface area contributed by atoms with E-state index in [1.165, 1.54) is 11.1 Å². The number of hydrogen-bond acceptors (Lipinski definition) is 0. The van der Waals surface area contributed by atoms with Gasteiger partial charge in [-0.15, -0.1) is 5.54 Å². The molecule has 100 valence electrons. The van der Waals surface area contributed by atoms with Gasteiger partial charge < -0.3 is 4.40 Å². The molecule has 0 N–H and O–H groups in total. The molecule has 0 aliphatic carbocycles. The second kappa shape index (κ2) is 4.58. The lowest BCUT2D eigenvalue weighted by Gasteiger charge is -2.15. The van der Waals surface area contributed by atoms with Crippen LogP contribution in [0, 0.1) is 11.5 Å². The predicted octanol–water partition coefficient (Wildman–Crippen LogP) is 4.47. The molecule has 0 radical (unpaired) electrons. The van der Waals surface area contributed by atoms with Crippen molar-refractivity contribution in [2.45, 2.75) is 45.8 Å². The zero-order valence-electron chi connectivity index (χ0n) is 12.8. The summed E-state index contributed by atoms with van der Waals surface area (Å²) in [5.41, 5.74) is 7.30. The van der Waals surface area contributed by atoms with Crippen molar-refractivity contribution in [3.63, 3.8) is 0 Å². The first-order valence-corrected chi connectivity index (χ1v) is 10.3. The summed E-state index contributed by atoms with van der Waals surface area (Å²) in [6.07, 6.45) is 2.23. The highest BCUT2D eigenvalue weighted by Gasteiger charge is 2.16. The molecule has 0 spiro atoms. The fourth-order valence-electron chi connectivity index (χ4n) is 1.90. The Morgan fingerprint density at radius 2 is 1.79 bits per heavy atom. The van der Waals surface area contributed by atoms with E-state index in [4.69, 9.17) is 0 Å². The number of rotatable bonds is 0. The Kier molecular flexibility index (Phi) is 3.36. The van der Waals surface area contributed by atoms with Crippen molar-refractivity contribution in [2.75, 3.05) is 0 Å². The van der Waals surface area contributed by atoms with Crippen LogP contribution in [0.1, 0.15) is 32.0 Å². The Bertz CT molecular complexity index is 654. The smallest absolute Gasteiger partial charge is 0.129 e. The van der Waals surface area contributed by atoms with Crippen LogP contribution in [-0.4, -0.2) is 12.5 Å². The lowest BCUT2D eigenvalue weighted by molar-refractivity contribution is 0.590. The van der Waals surface area contributed by atoms with E-state index in [9.17, 15) is 0 Å². The normalized spacial score (nSPS) is 12.3. The van der Waals surface area contributed by atoms with Gasteiger partial charge in [0.15, 0.2) is 0 Å². The second-order valence-electron chi connectivity index (χ2n) is 7.18. The van der Waals surface area contributed by atoms with Crippen LogP contribution >= 0.6 is 0 Å². The van der Waals surface area contributed by atoms with Gasteiger partial charge in [0, 0.05) is 11.7 Å². The van der Waals surface area contributed by atoms with E-state index in [0.717, 1.165) is 5.69 Å². The summed E-state index contributed by atoms with van der Waals surface area (Å²) in [6.45, 7) is 13.6. The molecule has 1 nitrogen and oxygen atoms in total. The number of hydrogen-bond donors (Lipinski definition) is 0. The third-order valence-corrected chi connectivity index (χ3v) is 3.94. The quantitative estimate of drug-likeness (QED) is 0.491. The van der Waals surface area contributed by atoms with Gasteiger partial charge in [0.05, 0.1) is 5.69 Å². The summed E-state index contributed by atoms with van der Waals surface area (Å²) in [6, 6.07) is 8.61. The first kappa shape index (κ1) is 14.0. The van der Waals surface area contributed by atoms with E-state index in [0.29, 0.717) is 0 Å². The maximum Gasteiger partial charge on any atom is 0.129 e. The molecule has 0 saturated carbocycles. The molecule has 19 heavy (non-hydrogen) atoms. The van der Waals surface area contributed by atoms with Crippen LogP contribution in [0.4, 0.5) is 0 Å². The number of aromatic nitrogens is 1. The van der Waals surface area contributed by atoms with Crippen molar-refractivity contribution in [1.82, 2.24) is 4.40 Å². The van der Waals surface area contributed by atoms with Crippen molar-refractivity contribution in [3.05, 3.63) is 41.7 Å². The average Bonchev–Trinajstić information content (AvgIpc) is 2.68. The van der Waals surface area contributed by atoms with Crippen LogP contribution in [0.15, 0.2) is 30.5 Å². The lowest BCUT2D eigenvalue weighted by atomic mass is 9.89. The minimum Gasteiger partial charge on any atom is -0.310 e. The van der Waals surface area contributed by atoms with Crippen LogP contribution in [0.3, 0.4) is 0 Å². The fourth-order valence-corrected chi connectivity index (χ4v) is 2.40. The van der Waals surface area contributed by atoms with Gasteiger partial charge in [0.1, 0.15) is 8.07 Å². The number of pyridine rings is 1. The SMILES string of the molecule is CC(C)(C)c1cc2cccc(C#C[Si](C)(C)C)n2c1. The Morgan fingerprint density at radius 1 is 1.11 bits per heavy atom. The van der Waals surface area contributed by atoms with E-state index >= 15 is 0 Å². The number of fused-ring (bicyclic) bond motifs is 1. The summed E-state index contributed by atoms with van der Waals surface area (Å²) in [5, 5.41) is 0. The average molecular weight is 269 g/mol. The first-order chi connectivity index (χ1) is 8.67. The molecular weight excluding hydrogens is 246 g/mol. The molecule has 0 saturated heterocycles. The van der Waals surface area contributed by atoms with Gasteiger partial charge in [0.2, 0.25) is 0 Å². The lowest BCUT2D eigenvalue weighted by Crippen LogP contribution is -2.16. The number of nitrogens with zero attached hydrogens (tertiary/aromatic N) is 1. The second-order valence-corrected chi connectivity index (χ2v) is 11.9. The molecule has 0 fully saturated rings. The van der Waals surface area contributed by atoms with Crippen LogP contribution in [0.25, 0.3) is 5.52 Å². The van der Waals surface area contributed by atoms with Gasteiger partial charge >= 0.3 is 0 Å². The molecule has 2 aromatic rings. The Morgan fingerprint density at radius 3 is 2.37 bits per heavy atom. The van der Waals surface area contributed by atoms with Crippen LogP contribution in [-0.2, 0) is 5.41 Å². The summed E-state index contributed by atoms with van der Waals surface area (Å²) in [4.78, 5) is 0. The Balaban J connectivity index is 2.57. The van der Waals surface area contributed by atoms with Crippen LogP contribution < -0.4 is 0 Å². The minimum absolute atomic E-state index is 0.176. The third kappa shape index (κ3) is 3.30. The van der Waals surface area contributed by atoms with Crippen molar-refractivity contribution in [1.29, 1.82) is 0 Å². The Hall–Kier alpha value is -1.46. The van der Waals surface area contributed by atoms with Crippen molar-refractivity contribution < 1.29 is 0 Å². The zero-order chi connectivity index (χ0) is 14.3. The topological polar surface area (TPSA) is 4.41 Å². The van der Waals surface area contributed by atoms with Crippen molar-refractivity contribution in [2.24, 2.45) is 0 Å². The standard InChI is InChI=1S/C17H23NSi/c1-17(2,3)14-12-16-9-7-8-15(18(16)13-14)10-11-19(4,5)6/h7-9,12-13H,1-6H3. The highest BCUT2D eigenvalue weighted by molar-refractivity contribution is 6.83. The molecular formula is C17H23NSi. The molecule has 2 aromatic heterocycles. The molecule has 0 bridgehead atoms. The maximum atomic E-state index is 3.45. The van der Waals surface area contributed by atoms with Gasteiger partial charge in [-0.2, -0.15) is 0 Å². The van der Waals surface area contributed by atoms with Crippen molar-refractivity contribution >= 4 is 13.6 Å². The third-order valence-electron chi connectivity index (χ3n) is 3.06. The molecule has 2 heterocycles. The summed E-state index contributed by atoms with van der Waals surface area (Å²) >= 11 is 0. The van der Waals surface area contributed by atoms with Gasteiger partial charge in [-0.3, -0.25) is 0 Å². The van der Waals surface area contributed by atoms with E-state index in [2.05, 4.69) is 86.7 Å². The van der Waals surface area contributed by atoms with Crippen LogP contribution in [0.2, 0.25) is 19.6 Å². The summed E-state index contributed by atoms with van der Waals surface area (Å²) < 4.78 is 2.22. The Labute approximate surface area is 117 Å². The molecule has 0 amide bonds. The van der Waals surface area contributed by atoms with E-state index in [1.54, 1.807) is 0 Å². The summed E-state index contributed by atoms with van der Waals surface area (Å²) in [5.74, 6) is 3.37. The van der Waals surface area contributed by atoms with E-state index in [-0.39, 0.29) is 5.41 Å². The van der Waals surface area contributed by atoms with Gasteiger partial charge in [-0.1, -0.05) is 52.4 Å². The highest BCUT2D eigenvalue weighted by Crippen LogP contribution is 2.25. The first-order valence-electron chi connectivity index (χ1n) is 6.82. The van der Waals surface area contributed by atoms with E-state index < -0.39 is 8.07 Å². The minimum atomic E-state index is -1.33. The van der Waals surface area contributed by atoms with Crippen molar-refractivity contribution in [3.8, 4) is 11.5 Å². The largest absolute Gasteiger partial charge is 0.310 e. The molecule has 0 aliphatic heterocycles. The van der Waals surface area contributed by atoms with Gasteiger partial charge in [-0.05, 0) is 29.2 Å². The van der Waals surface area contributed by atoms with Gasteiger partial charge in [0.25, 0.3) is 0 Å².